The molecule has 2 rings (SSSR count). The second kappa shape index (κ2) is 7.66. The summed E-state index contributed by atoms with van der Waals surface area (Å²) in [7, 11) is 0. The van der Waals surface area contributed by atoms with E-state index < -0.39 is 0 Å². The third-order valence-corrected chi connectivity index (χ3v) is 3.89. The van der Waals surface area contributed by atoms with Gasteiger partial charge in [-0.25, -0.2) is 0 Å². The van der Waals surface area contributed by atoms with Crippen molar-refractivity contribution in [2.75, 3.05) is 32.7 Å². The smallest absolute Gasteiger partial charge is 0.00221 e. The summed E-state index contributed by atoms with van der Waals surface area (Å²) in [6.45, 7) is 10.5. The first-order valence-electron chi connectivity index (χ1n) is 7.75. The maximum absolute atomic E-state index is 3.53. The molecule has 1 aliphatic heterocycles. The van der Waals surface area contributed by atoms with Crippen LogP contribution >= 0.6 is 0 Å². The molecule has 1 heterocycles. The lowest BCUT2D eigenvalue weighted by atomic mass is 10.0. The van der Waals surface area contributed by atoms with Gasteiger partial charge < -0.3 is 10.2 Å². The molecular formula is C17H28N2. The molecule has 1 aliphatic rings. The normalized spacial score (nSPS) is 16.4. The summed E-state index contributed by atoms with van der Waals surface area (Å²) in [5, 5.41) is 3.53. The molecule has 0 saturated heterocycles. The van der Waals surface area contributed by atoms with Crippen molar-refractivity contribution in [3.8, 4) is 0 Å². The molecule has 0 unspecified atom stereocenters. The van der Waals surface area contributed by atoms with Crippen LogP contribution in [0.1, 0.15) is 31.4 Å². The molecular weight excluding hydrogens is 232 g/mol. The molecule has 0 spiro atoms. The molecule has 0 aromatic heterocycles. The van der Waals surface area contributed by atoms with Crippen LogP contribution in [-0.2, 0) is 12.8 Å². The van der Waals surface area contributed by atoms with Crippen LogP contribution in [0.3, 0.4) is 0 Å². The Kier molecular flexibility index (Phi) is 5.87. The lowest BCUT2D eigenvalue weighted by Crippen LogP contribution is -2.30. The third kappa shape index (κ3) is 4.96. The van der Waals surface area contributed by atoms with E-state index in [9.17, 15) is 0 Å². The van der Waals surface area contributed by atoms with E-state index in [0.717, 1.165) is 19.0 Å². The molecule has 0 radical (unpaired) electrons. The predicted octanol–water partition coefficient (Wildman–Crippen LogP) is 2.72. The van der Waals surface area contributed by atoms with Crippen molar-refractivity contribution in [1.82, 2.24) is 10.2 Å². The highest BCUT2D eigenvalue weighted by atomic mass is 15.1. The van der Waals surface area contributed by atoms with E-state index >= 15 is 0 Å². The Bertz CT molecular complexity index is 346. The van der Waals surface area contributed by atoms with Gasteiger partial charge in [-0.2, -0.15) is 0 Å². The highest BCUT2D eigenvalue weighted by Gasteiger charge is 2.12. The van der Waals surface area contributed by atoms with Crippen molar-refractivity contribution in [3.63, 3.8) is 0 Å². The molecule has 0 bridgehead atoms. The van der Waals surface area contributed by atoms with E-state index in [4.69, 9.17) is 0 Å². The fourth-order valence-electron chi connectivity index (χ4n) is 2.76. The molecule has 106 valence electrons. The molecule has 19 heavy (non-hydrogen) atoms. The summed E-state index contributed by atoms with van der Waals surface area (Å²) in [6.07, 6.45) is 3.70. The molecule has 1 N–H and O–H groups in total. The van der Waals surface area contributed by atoms with Crippen LogP contribution in [0.4, 0.5) is 0 Å². The Balaban J connectivity index is 1.67. The summed E-state index contributed by atoms with van der Waals surface area (Å²) >= 11 is 0. The van der Waals surface area contributed by atoms with Crippen molar-refractivity contribution >= 4 is 0 Å². The van der Waals surface area contributed by atoms with Crippen LogP contribution in [0.5, 0.6) is 0 Å². The van der Waals surface area contributed by atoms with Crippen molar-refractivity contribution < 1.29 is 0 Å². The van der Waals surface area contributed by atoms with Crippen LogP contribution in [0.15, 0.2) is 24.3 Å². The topological polar surface area (TPSA) is 15.3 Å². The Hall–Kier alpha value is -0.860. The average molecular weight is 260 g/mol. The Morgan fingerprint density at radius 1 is 1.11 bits per heavy atom. The molecule has 0 aliphatic carbocycles. The zero-order chi connectivity index (χ0) is 13.5. The predicted molar refractivity (Wildman–Crippen MR) is 82.6 cm³/mol. The van der Waals surface area contributed by atoms with Crippen LogP contribution < -0.4 is 5.32 Å². The lowest BCUT2D eigenvalue weighted by Gasteiger charge is -2.19. The van der Waals surface area contributed by atoms with Gasteiger partial charge in [0.25, 0.3) is 0 Å². The largest absolute Gasteiger partial charge is 0.316 e. The minimum Gasteiger partial charge on any atom is -0.316 e. The Morgan fingerprint density at radius 3 is 2.32 bits per heavy atom. The number of fused-ring (bicyclic) bond motifs is 1. The summed E-state index contributed by atoms with van der Waals surface area (Å²) < 4.78 is 0. The average Bonchev–Trinajstić information content (AvgIpc) is 2.61. The van der Waals surface area contributed by atoms with Gasteiger partial charge in [0.05, 0.1) is 0 Å². The lowest BCUT2D eigenvalue weighted by molar-refractivity contribution is 0.281. The number of rotatable bonds is 6. The minimum atomic E-state index is 0.757. The van der Waals surface area contributed by atoms with Crippen LogP contribution in [0.25, 0.3) is 0 Å². The second-order valence-corrected chi connectivity index (χ2v) is 6.06. The standard InChI is InChI=1S/C17H28N2/c1-15(2)14-18-10-5-11-19-12-8-16-6-3-4-7-17(16)9-13-19/h3-4,6-7,15,18H,5,8-14H2,1-2H3. The van der Waals surface area contributed by atoms with Crippen LogP contribution in [-0.4, -0.2) is 37.6 Å². The monoisotopic (exact) mass is 260 g/mol. The Labute approximate surface area is 118 Å². The quantitative estimate of drug-likeness (QED) is 0.791. The van der Waals surface area contributed by atoms with Gasteiger partial charge in [0.15, 0.2) is 0 Å². The molecule has 0 saturated carbocycles. The first-order valence-corrected chi connectivity index (χ1v) is 7.75. The summed E-state index contributed by atoms with van der Waals surface area (Å²) in [6, 6.07) is 8.93. The van der Waals surface area contributed by atoms with Crippen molar-refractivity contribution in [1.29, 1.82) is 0 Å². The van der Waals surface area contributed by atoms with Gasteiger partial charge in [-0.1, -0.05) is 38.1 Å². The number of nitrogens with zero attached hydrogens (tertiary/aromatic N) is 1. The van der Waals surface area contributed by atoms with E-state index in [-0.39, 0.29) is 0 Å². The molecule has 0 atom stereocenters. The molecule has 0 fully saturated rings. The van der Waals surface area contributed by atoms with E-state index in [1.165, 1.54) is 38.9 Å². The summed E-state index contributed by atoms with van der Waals surface area (Å²) in [5.41, 5.74) is 3.12. The van der Waals surface area contributed by atoms with Gasteiger partial charge in [-0.3, -0.25) is 0 Å². The maximum Gasteiger partial charge on any atom is 0.00221 e. The van der Waals surface area contributed by atoms with Crippen LogP contribution in [0.2, 0.25) is 0 Å². The first-order chi connectivity index (χ1) is 9.25. The molecule has 0 amide bonds. The second-order valence-electron chi connectivity index (χ2n) is 6.06. The number of benzene rings is 1. The SMILES string of the molecule is CC(C)CNCCCN1CCc2ccccc2CC1. The number of hydrogen-bond acceptors (Lipinski definition) is 2. The van der Waals surface area contributed by atoms with E-state index in [0.29, 0.717) is 0 Å². The Morgan fingerprint density at radius 2 is 1.74 bits per heavy atom. The highest BCUT2D eigenvalue weighted by molar-refractivity contribution is 5.28. The van der Waals surface area contributed by atoms with E-state index in [1.807, 2.05) is 0 Å². The van der Waals surface area contributed by atoms with Gasteiger partial charge in [0, 0.05) is 13.1 Å². The van der Waals surface area contributed by atoms with Crippen LogP contribution in [0, 0.1) is 5.92 Å². The fourth-order valence-corrected chi connectivity index (χ4v) is 2.76. The van der Waals surface area contributed by atoms with E-state index in [2.05, 4.69) is 48.3 Å². The van der Waals surface area contributed by atoms with Crippen molar-refractivity contribution in [2.45, 2.75) is 33.1 Å². The highest BCUT2D eigenvalue weighted by Crippen LogP contribution is 2.15. The molecule has 2 heteroatoms. The number of nitrogens with one attached hydrogen (secondary N) is 1. The van der Waals surface area contributed by atoms with E-state index in [1.54, 1.807) is 11.1 Å². The number of hydrogen-bond donors (Lipinski definition) is 1. The van der Waals surface area contributed by atoms with Crippen molar-refractivity contribution in [2.24, 2.45) is 5.92 Å². The van der Waals surface area contributed by atoms with Gasteiger partial charge in [0.1, 0.15) is 0 Å². The first kappa shape index (κ1) is 14.5. The zero-order valence-corrected chi connectivity index (χ0v) is 12.5. The van der Waals surface area contributed by atoms with Gasteiger partial charge in [0.2, 0.25) is 0 Å². The molecule has 1 aromatic rings. The fraction of sp³-hybridized carbons (Fsp3) is 0.647. The van der Waals surface area contributed by atoms with Gasteiger partial charge >= 0.3 is 0 Å². The van der Waals surface area contributed by atoms with Gasteiger partial charge in [-0.15, -0.1) is 0 Å². The molecule has 2 nitrogen and oxygen atoms in total. The summed E-state index contributed by atoms with van der Waals surface area (Å²) in [4.78, 5) is 2.62. The molecule has 1 aromatic carbocycles. The van der Waals surface area contributed by atoms with Crippen molar-refractivity contribution in [3.05, 3.63) is 35.4 Å². The zero-order valence-electron chi connectivity index (χ0n) is 12.5. The summed E-state index contributed by atoms with van der Waals surface area (Å²) in [5.74, 6) is 0.757. The van der Waals surface area contributed by atoms with Gasteiger partial charge in [-0.05, 0) is 55.9 Å². The third-order valence-electron chi connectivity index (χ3n) is 3.89. The maximum atomic E-state index is 3.53. The minimum absolute atomic E-state index is 0.757.